The molecule has 1 N–H and O–H groups in total. The summed E-state index contributed by atoms with van der Waals surface area (Å²) in [5.74, 6) is 0.685. The summed E-state index contributed by atoms with van der Waals surface area (Å²) in [6, 6.07) is 15.7. The molecule has 6 nitrogen and oxygen atoms in total. The van der Waals surface area contributed by atoms with Crippen molar-refractivity contribution in [3.63, 3.8) is 0 Å². The maximum absolute atomic E-state index is 12.1. The molecule has 0 spiro atoms. The number of benzene rings is 2. The molecule has 7 heteroatoms. The van der Waals surface area contributed by atoms with Crippen molar-refractivity contribution in [2.24, 2.45) is 5.10 Å². The zero-order valence-electron chi connectivity index (χ0n) is 17.1. The van der Waals surface area contributed by atoms with Gasteiger partial charge in [0.15, 0.2) is 0 Å². The van der Waals surface area contributed by atoms with E-state index in [-0.39, 0.29) is 5.91 Å². The molecule has 158 valence electrons. The van der Waals surface area contributed by atoms with Gasteiger partial charge in [0.05, 0.1) is 13.7 Å². The lowest BCUT2D eigenvalue weighted by atomic mass is 10.2. The number of allylic oxidation sites excluding steroid dienone is 1. The average Bonchev–Trinajstić information content (AvgIpc) is 2.77. The lowest BCUT2D eigenvalue weighted by Gasteiger charge is -2.34. The molecule has 2 aromatic carbocycles. The first kappa shape index (κ1) is 22.0. The molecule has 0 atom stereocenters. The van der Waals surface area contributed by atoms with Crippen molar-refractivity contribution in [3.05, 3.63) is 70.8 Å². The molecular weight excluding hydrogens is 400 g/mol. The van der Waals surface area contributed by atoms with Crippen LogP contribution in [0.25, 0.3) is 6.08 Å². The number of carbonyl (C=O) groups excluding carboxylic acids is 1. The summed E-state index contributed by atoms with van der Waals surface area (Å²) in [7, 11) is 1.64. The highest BCUT2D eigenvalue weighted by Crippen LogP contribution is 2.18. The average molecular weight is 427 g/mol. The molecule has 3 rings (SSSR count). The van der Waals surface area contributed by atoms with Gasteiger partial charge in [-0.3, -0.25) is 14.6 Å². The lowest BCUT2D eigenvalue weighted by Crippen LogP contribution is -2.48. The van der Waals surface area contributed by atoms with E-state index in [2.05, 4.69) is 32.5 Å². The molecule has 2 aromatic rings. The van der Waals surface area contributed by atoms with Gasteiger partial charge in [-0.25, -0.2) is 5.43 Å². The summed E-state index contributed by atoms with van der Waals surface area (Å²) in [6.07, 6.45) is 5.22. The summed E-state index contributed by atoms with van der Waals surface area (Å²) < 4.78 is 5.29. The topological polar surface area (TPSA) is 57.2 Å². The number of hydrogen-bond donors (Lipinski definition) is 1. The van der Waals surface area contributed by atoms with Gasteiger partial charge in [0.2, 0.25) is 0 Å². The first-order valence-corrected chi connectivity index (χ1v) is 10.3. The van der Waals surface area contributed by atoms with Gasteiger partial charge in [-0.1, -0.05) is 41.9 Å². The molecule has 1 heterocycles. The maximum atomic E-state index is 12.1. The molecule has 0 aromatic heterocycles. The van der Waals surface area contributed by atoms with Gasteiger partial charge in [-0.05, 0) is 35.9 Å². The smallest absolute Gasteiger partial charge is 0.254 e. The largest absolute Gasteiger partial charge is 0.496 e. The van der Waals surface area contributed by atoms with Crippen molar-refractivity contribution in [2.45, 2.75) is 6.54 Å². The van der Waals surface area contributed by atoms with Crippen LogP contribution in [0.2, 0.25) is 5.02 Å². The van der Waals surface area contributed by atoms with E-state index in [1.54, 1.807) is 19.4 Å². The highest BCUT2D eigenvalue weighted by molar-refractivity contribution is 6.30. The van der Waals surface area contributed by atoms with E-state index in [4.69, 9.17) is 16.3 Å². The number of nitrogens with zero attached hydrogens (tertiary/aromatic N) is 3. The van der Waals surface area contributed by atoms with E-state index in [1.165, 1.54) is 5.56 Å². The number of amides is 1. The second-order valence-corrected chi connectivity index (χ2v) is 7.53. The van der Waals surface area contributed by atoms with Crippen LogP contribution in [0, 0.1) is 0 Å². The fourth-order valence-corrected chi connectivity index (χ4v) is 3.42. The maximum Gasteiger partial charge on any atom is 0.254 e. The number of hydrazone groups is 1. The summed E-state index contributed by atoms with van der Waals surface area (Å²) in [5, 5.41) is 4.74. The zero-order valence-corrected chi connectivity index (χ0v) is 17.9. The Kier molecular flexibility index (Phi) is 8.44. The van der Waals surface area contributed by atoms with Crippen LogP contribution < -0.4 is 10.2 Å². The Morgan fingerprint density at radius 1 is 1.10 bits per heavy atom. The highest BCUT2D eigenvalue weighted by atomic mass is 35.5. The molecule has 0 unspecified atom stereocenters. The standard InChI is InChI=1S/C23H27ClN4O2/c1-30-22-7-3-2-5-20(22)6-4-12-25-26-23(29)18-28-15-13-27(14-16-28)17-19-8-10-21(24)11-9-19/h2-12H,13-18H2,1H3,(H,26,29)/b6-4+,25-12+. The van der Waals surface area contributed by atoms with Crippen LogP contribution in [0.3, 0.4) is 0 Å². The second kappa shape index (κ2) is 11.5. The Hall–Kier alpha value is -2.67. The quantitative estimate of drug-likeness (QED) is 0.520. The second-order valence-electron chi connectivity index (χ2n) is 7.09. The predicted octanol–water partition coefficient (Wildman–Crippen LogP) is 3.28. The third kappa shape index (κ3) is 6.99. The highest BCUT2D eigenvalue weighted by Gasteiger charge is 2.18. The summed E-state index contributed by atoms with van der Waals surface area (Å²) in [5.41, 5.74) is 4.79. The van der Waals surface area contributed by atoms with Gasteiger partial charge in [0.25, 0.3) is 5.91 Å². The molecule has 1 aliphatic rings. The van der Waals surface area contributed by atoms with Crippen molar-refractivity contribution in [1.82, 2.24) is 15.2 Å². The Morgan fingerprint density at radius 3 is 2.53 bits per heavy atom. The monoisotopic (exact) mass is 426 g/mol. The number of nitrogens with one attached hydrogen (secondary N) is 1. The van der Waals surface area contributed by atoms with Crippen LogP contribution in [0.5, 0.6) is 5.75 Å². The van der Waals surface area contributed by atoms with Crippen molar-refractivity contribution < 1.29 is 9.53 Å². The van der Waals surface area contributed by atoms with E-state index < -0.39 is 0 Å². The SMILES string of the molecule is COc1ccccc1/C=C/C=N/NC(=O)CN1CCN(Cc2ccc(Cl)cc2)CC1. The van der Waals surface area contributed by atoms with E-state index in [0.717, 1.165) is 49.1 Å². The van der Waals surface area contributed by atoms with Crippen LogP contribution in [0.4, 0.5) is 0 Å². The van der Waals surface area contributed by atoms with Gasteiger partial charge in [0, 0.05) is 49.5 Å². The summed E-state index contributed by atoms with van der Waals surface area (Å²) >= 11 is 5.94. The van der Waals surface area contributed by atoms with Crippen LogP contribution in [-0.4, -0.2) is 61.8 Å². The minimum atomic E-state index is -0.108. The van der Waals surface area contributed by atoms with Crippen LogP contribution in [-0.2, 0) is 11.3 Å². The minimum Gasteiger partial charge on any atom is -0.496 e. The normalized spacial score (nSPS) is 15.7. The van der Waals surface area contributed by atoms with Crippen molar-refractivity contribution in [1.29, 1.82) is 0 Å². The Balaban J connectivity index is 1.36. The lowest BCUT2D eigenvalue weighted by molar-refractivity contribution is -0.122. The molecule has 0 radical (unpaired) electrons. The predicted molar refractivity (Wildman–Crippen MR) is 122 cm³/mol. The molecule has 1 saturated heterocycles. The fraction of sp³-hybridized carbons (Fsp3) is 0.304. The van der Waals surface area contributed by atoms with E-state index >= 15 is 0 Å². The number of halogens is 1. The molecule has 30 heavy (non-hydrogen) atoms. The van der Waals surface area contributed by atoms with Gasteiger partial charge >= 0.3 is 0 Å². The van der Waals surface area contributed by atoms with Crippen LogP contribution in [0.15, 0.2) is 59.7 Å². The number of ether oxygens (including phenoxy) is 1. The summed E-state index contributed by atoms with van der Waals surface area (Å²) in [6.45, 7) is 4.83. The Bertz CT molecular complexity index is 875. The zero-order chi connectivity index (χ0) is 21.2. The molecule has 0 saturated carbocycles. The van der Waals surface area contributed by atoms with Crippen molar-refractivity contribution in [2.75, 3.05) is 39.8 Å². The van der Waals surface area contributed by atoms with Gasteiger partial charge < -0.3 is 4.74 Å². The number of hydrogen-bond acceptors (Lipinski definition) is 5. The summed E-state index contributed by atoms with van der Waals surface area (Å²) in [4.78, 5) is 16.6. The number of methoxy groups -OCH3 is 1. The van der Waals surface area contributed by atoms with Gasteiger partial charge in [0.1, 0.15) is 5.75 Å². The molecule has 1 fully saturated rings. The number of rotatable bonds is 8. The molecule has 1 amide bonds. The van der Waals surface area contributed by atoms with Crippen LogP contribution in [0.1, 0.15) is 11.1 Å². The first-order valence-electron chi connectivity index (χ1n) is 9.95. The van der Waals surface area contributed by atoms with Crippen molar-refractivity contribution >= 4 is 29.8 Å². The third-order valence-corrected chi connectivity index (χ3v) is 5.17. The number of piperazine rings is 1. The molecule has 0 aliphatic carbocycles. The number of carbonyl (C=O) groups is 1. The Labute approximate surface area is 182 Å². The van der Waals surface area contributed by atoms with Gasteiger partial charge in [-0.15, -0.1) is 0 Å². The minimum absolute atomic E-state index is 0.108. The number of para-hydroxylation sites is 1. The Morgan fingerprint density at radius 2 is 1.80 bits per heavy atom. The molecule has 0 bridgehead atoms. The third-order valence-electron chi connectivity index (χ3n) is 4.92. The molecule has 1 aliphatic heterocycles. The first-order chi connectivity index (χ1) is 14.6. The van der Waals surface area contributed by atoms with E-state index in [1.807, 2.05) is 42.5 Å². The van der Waals surface area contributed by atoms with Gasteiger partial charge in [-0.2, -0.15) is 5.10 Å². The molecular formula is C23H27ClN4O2. The van der Waals surface area contributed by atoms with E-state index in [9.17, 15) is 4.79 Å². The fourth-order valence-electron chi connectivity index (χ4n) is 3.30. The van der Waals surface area contributed by atoms with E-state index in [0.29, 0.717) is 6.54 Å². The van der Waals surface area contributed by atoms with Crippen LogP contribution >= 0.6 is 11.6 Å². The van der Waals surface area contributed by atoms with Crippen molar-refractivity contribution in [3.8, 4) is 5.75 Å².